The summed E-state index contributed by atoms with van der Waals surface area (Å²) in [6, 6.07) is 9.81. The van der Waals surface area contributed by atoms with E-state index in [1.807, 2.05) is 38.4 Å². The van der Waals surface area contributed by atoms with E-state index in [9.17, 15) is 0 Å². The second kappa shape index (κ2) is 6.38. The highest BCUT2D eigenvalue weighted by Gasteiger charge is 2.12. The smallest absolute Gasteiger partial charge is 0.0439 e. The fourth-order valence-corrected chi connectivity index (χ4v) is 2.38. The van der Waals surface area contributed by atoms with Crippen LogP contribution in [0.1, 0.15) is 22.9 Å². The number of hydrogen-bond acceptors (Lipinski definition) is 2. The third kappa shape index (κ3) is 3.69. The van der Waals surface area contributed by atoms with Crippen molar-refractivity contribution in [2.45, 2.75) is 19.4 Å². The summed E-state index contributed by atoms with van der Waals surface area (Å²) in [6.07, 6.45) is 2.68. The number of aromatic nitrogens is 1. The number of nitrogens with zero attached hydrogens (tertiary/aromatic N) is 1. The van der Waals surface area contributed by atoms with Gasteiger partial charge in [0.15, 0.2) is 0 Å². The van der Waals surface area contributed by atoms with E-state index in [1.54, 1.807) is 6.07 Å². The van der Waals surface area contributed by atoms with Crippen LogP contribution in [0.5, 0.6) is 0 Å². The number of halogens is 2. The number of pyridine rings is 1. The molecule has 100 valence electrons. The van der Waals surface area contributed by atoms with Crippen molar-refractivity contribution < 1.29 is 0 Å². The Morgan fingerprint density at radius 2 is 2.00 bits per heavy atom. The molecule has 0 fully saturated rings. The van der Waals surface area contributed by atoms with Gasteiger partial charge in [-0.1, -0.05) is 29.3 Å². The van der Waals surface area contributed by atoms with Gasteiger partial charge in [0.25, 0.3) is 0 Å². The van der Waals surface area contributed by atoms with Gasteiger partial charge in [-0.2, -0.15) is 0 Å². The molecule has 0 saturated carbocycles. The van der Waals surface area contributed by atoms with Crippen LogP contribution in [-0.2, 0) is 6.42 Å². The van der Waals surface area contributed by atoms with Gasteiger partial charge in [0.05, 0.1) is 0 Å². The van der Waals surface area contributed by atoms with Crippen LogP contribution in [0.25, 0.3) is 0 Å². The Labute approximate surface area is 123 Å². The van der Waals surface area contributed by atoms with Crippen molar-refractivity contribution in [3.8, 4) is 0 Å². The van der Waals surface area contributed by atoms with Crippen LogP contribution in [0.15, 0.2) is 36.5 Å². The van der Waals surface area contributed by atoms with Crippen LogP contribution in [0.4, 0.5) is 0 Å². The lowest BCUT2D eigenvalue weighted by Crippen LogP contribution is -2.19. The molecule has 0 aliphatic carbocycles. The molecule has 2 aromatic rings. The maximum atomic E-state index is 6.21. The molecular weight excluding hydrogens is 279 g/mol. The Morgan fingerprint density at radius 1 is 1.21 bits per heavy atom. The molecular formula is C15H16Cl2N2. The first kappa shape index (κ1) is 14.3. The van der Waals surface area contributed by atoms with Crippen molar-refractivity contribution in [3.63, 3.8) is 0 Å². The highest BCUT2D eigenvalue weighted by atomic mass is 35.5. The molecule has 2 nitrogen and oxygen atoms in total. The minimum Gasteiger partial charge on any atom is -0.313 e. The number of benzene rings is 1. The van der Waals surface area contributed by atoms with Crippen molar-refractivity contribution in [1.82, 2.24) is 10.3 Å². The molecule has 4 heteroatoms. The number of nitrogens with one attached hydrogen (secondary N) is 1. The summed E-state index contributed by atoms with van der Waals surface area (Å²) >= 11 is 12.2. The van der Waals surface area contributed by atoms with Crippen molar-refractivity contribution in [1.29, 1.82) is 0 Å². The molecule has 0 aliphatic rings. The predicted octanol–water partition coefficient (Wildman–Crippen LogP) is 4.20. The lowest BCUT2D eigenvalue weighted by Gasteiger charge is -2.17. The largest absolute Gasteiger partial charge is 0.313 e. The number of hydrogen-bond donors (Lipinski definition) is 1. The fourth-order valence-electron chi connectivity index (χ4n) is 1.99. The van der Waals surface area contributed by atoms with Crippen molar-refractivity contribution in [3.05, 3.63) is 63.4 Å². The highest BCUT2D eigenvalue weighted by molar-refractivity contribution is 6.33. The predicted molar refractivity (Wildman–Crippen MR) is 80.9 cm³/mol. The van der Waals surface area contributed by atoms with Crippen LogP contribution in [-0.4, -0.2) is 12.0 Å². The molecule has 1 aromatic carbocycles. The Hall–Kier alpha value is -1.09. The molecule has 0 bridgehead atoms. The Kier molecular flexibility index (Phi) is 4.81. The SMILES string of the molecule is CNC(Cc1cc(Cl)ccc1Cl)c1ccc(C)nc1. The minimum atomic E-state index is 0.170. The minimum absolute atomic E-state index is 0.170. The lowest BCUT2D eigenvalue weighted by atomic mass is 10.00. The Balaban J connectivity index is 2.23. The summed E-state index contributed by atoms with van der Waals surface area (Å²) < 4.78 is 0. The van der Waals surface area contributed by atoms with E-state index in [0.29, 0.717) is 5.02 Å². The fraction of sp³-hybridized carbons (Fsp3) is 0.267. The molecule has 19 heavy (non-hydrogen) atoms. The Bertz CT molecular complexity index is 553. The molecule has 0 amide bonds. The van der Waals surface area contributed by atoms with Crippen molar-refractivity contribution in [2.24, 2.45) is 0 Å². The van der Waals surface area contributed by atoms with Crippen LogP contribution >= 0.6 is 23.2 Å². The van der Waals surface area contributed by atoms with Crippen LogP contribution in [0, 0.1) is 6.92 Å². The second-order valence-electron chi connectivity index (χ2n) is 4.51. The van der Waals surface area contributed by atoms with Crippen molar-refractivity contribution >= 4 is 23.2 Å². The van der Waals surface area contributed by atoms with E-state index < -0.39 is 0 Å². The summed E-state index contributed by atoms with van der Waals surface area (Å²) in [5, 5.41) is 4.74. The first-order chi connectivity index (χ1) is 9.10. The molecule has 2 rings (SSSR count). The zero-order chi connectivity index (χ0) is 13.8. The van der Waals surface area contributed by atoms with Gasteiger partial charge in [0.2, 0.25) is 0 Å². The number of rotatable bonds is 4. The van der Waals surface area contributed by atoms with E-state index in [1.165, 1.54) is 0 Å². The lowest BCUT2D eigenvalue weighted by molar-refractivity contribution is 0.590. The normalized spacial score (nSPS) is 12.4. The molecule has 0 aliphatic heterocycles. The molecule has 1 N–H and O–H groups in total. The molecule has 1 atom stereocenters. The summed E-state index contributed by atoms with van der Waals surface area (Å²) in [5.74, 6) is 0. The zero-order valence-electron chi connectivity index (χ0n) is 11.0. The van der Waals surface area contributed by atoms with Gasteiger partial charge in [-0.15, -0.1) is 0 Å². The topological polar surface area (TPSA) is 24.9 Å². The third-order valence-corrected chi connectivity index (χ3v) is 3.72. The molecule has 0 spiro atoms. The number of likely N-dealkylation sites (N-methyl/N-ethyl adjacent to an activating group) is 1. The summed E-state index contributed by atoms with van der Waals surface area (Å²) in [4.78, 5) is 4.33. The highest BCUT2D eigenvalue weighted by Crippen LogP contribution is 2.26. The average molecular weight is 295 g/mol. The van der Waals surface area contributed by atoms with Gasteiger partial charge < -0.3 is 5.32 Å². The third-order valence-electron chi connectivity index (χ3n) is 3.12. The molecule has 0 radical (unpaired) electrons. The Morgan fingerprint density at radius 3 is 2.63 bits per heavy atom. The molecule has 0 saturated heterocycles. The summed E-state index contributed by atoms with van der Waals surface area (Å²) in [7, 11) is 1.93. The van der Waals surface area contributed by atoms with Gasteiger partial charge in [-0.05, 0) is 55.8 Å². The van der Waals surface area contributed by atoms with E-state index in [-0.39, 0.29) is 6.04 Å². The standard InChI is InChI=1S/C15H16Cl2N2/c1-10-3-4-11(9-19-10)15(18-2)8-12-7-13(16)5-6-14(12)17/h3-7,9,15,18H,8H2,1-2H3. The van der Waals surface area contributed by atoms with Gasteiger partial charge in [0.1, 0.15) is 0 Å². The molecule has 1 heterocycles. The van der Waals surface area contributed by atoms with Gasteiger partial charge in [0, 0.05) is 28.0 Å². The monoisotopic (exact) mass is 294 g/mol. The van der Waals surface area contributed by atoms with Gasteiger partial charge >= 0.3 is 0 Å². The van der Waals surface area contributed by atoms with E-state index in [4.69, 9.17) is 23.2 Å². The quantitative estimate of drug-likeness (QED) is 0.914. The molecule has 1 aromatic heterocycles. The van der Waals surface area contributed by atoms with Crippen LogP contribution in [0.3, 0.4) is 0 Å². The maximum Gasteiger partial charge on any atom is 0.0439 e. The van der Waals surface area contributed by atoms with Gasteiger partial charge in [-0.3, -0.25) is 4.98 Å². The van der Waals surface area contributed by atoms with E-state index >= 15 is 0 Å². The van der Waals surface area contributed by atoms with Crippen LogP contribution < -0.4 is 5.32 Å². The van der Waals surface area contributed by atoms with Crippen molar-refractivity contribution in [2.75, 3.05) is 7.05 Å². The first-order valence-electron chi connectivity index (χ1n) is 6.14. The average Bonchev–Trinajstić information content (AvgIpc) is 2.41. The number of aryl methyl sites for hydroxylation is 1. The first-order valence-corrected chi connectivity index (χ1v) is 6.89. The van der Waals surface area contributed by atoms with E-state index in [0.717, 1.165) is 28.3 Å². The van der Waals surface area contributed by atoms with Crippen LogP contribution in [0.2, 0.25) is 10.0 Å². The van der Waals surface area contributed by atoms with Gasteiger partial charge in [-0.25, -0.2) is 0 Å². The summed E-state index contributed by atoms with van der Waals surface area (Å²) in [6.45, 7) is 1.98. The zero-order valence-corrected chi connectivity index (χ0v) is 12.5. The summed E-state index contributed by atoms with van der Waals surface area (Å²) in [5.41, 5.74) is 3.19. The molecule has 1 unspecified atom stereocenters. The van der Waals surface area contributed by atoms with E-state index in [2.05, 4.69) is 16.4 Å². The maximum absolute atomic E-state index is 6.21. The second-order valence-corrected chi connectivity index (χ2v) is 5.36.